The lowest BCUT2D eigenvalue weighted by Gasteiger charge is -2.40. The van der Waals surface area contributed by atoms with Crippen LogP contribution in [-0.4, -0.2) is 34.1 Å². The van der Waals surface area contributed by atoms with Gasteiger partial charge >= 0.3 is 5.97 Å². The lowest BCUT2D eigenvalue weighted by atomic mass is 9.68. The SMILES string of the molecule is CC(C)(C)C[C@@H]1N[C@@H](C(=O)Nc2ccc(C(=O)O)nc2)[C@H](c2cccc(Cl)c2F)[C@@]1(N)c1ccc(Cl)cc1F. The number of carboxylic acids is 1. The quantitative estimate of drug-likeness (QED) is 0.298. The summed E-state index contributed by atoms with van der Waals surface area (Å²) in [5, 5.41) is 15.1. The average Bonchev–Trinajstić information content (AvgIpc) is 3.12. The van der Waals surface area contributed by atoms with Gasteiger partial charge in [-0.05, 0) is 47.7 Å². The van der Waals surface area contributed by atoms with Crippen molar-refractivity contribution in [2.45, 2.75) is 50.7 Å². The minimum atomic E-state index is -1.61. The molecule has 2 aromatic carbocycles. The van der Waals surface area contributed by atoms with Gasteiger partial charge in [0.1, 0.15) is 17.3 Å². The maximum Gasteiger partial charge on any atom is 0.354 e. The summed E-state index contributed by atoms with van der Waals surface area (Å²) in [5.41, 5.74) is 5.35. The van der Waals surface area contributed by atoms with Gasteiger partial charge in [0.05, 0.1) is 28.5 Å². The fourth-order valence-corrected chi connectivity index (χ4v) is 5.56. The summed E-state index contributed by atoms with van der Waals surface area (Å²) < 4.78 is 31.1. The third-order valence-corrected chi connectivity index (χ3v) is 7.40. The zero-order valence-electron chi connectivity index (χ0n) is 21.4. The van der Waals surface area contributed by atoms with Crippen molar-refractivity contribution in [2.24, 2.45) is 11.1 Å². The van der Waals surface area contributed by atoms with E-state index in [0.717, 1.165) is 6.07 Å². The van der Waals surface area contributed by atoms with Gasteiger partial charge in [0.15, 0.2) is 0 Å². The Hall–Kier alpha value is -3.11. The van der Waals surface area contributed by atoms with Gasteiger partial charge in [-0.15, -0.1) is 0 Å². The molecule has 1 aliphatic rings. The summed E-state index contributed by atoms with van der Waals surface area (Å²) >= 11 is 12.2. The van der Waals surface area contributed by atoms with E-state index in [-0.39, 0.29) is 38.0 Å². The van der Waals surface area contributed by atoms with Crippen LogP contribution in [0.4, 0.5) is 14.5 Å². The molecule has 4 atom stereocenters. The number of carboxylic acid groups (broad SMARTS) is 1. The fraction of sp³-hybridized carbons (Fsp3) is 0.321. The van der Waals surface area contributed by atoms with E-state index in [2.05, 4.69) is 15.6 Å². The Morgan fingerprint density at radius 1 is 1.15 bits per heavy atom. The van der Waals surface area contributed by atoms with Crippen LogP contribution in [0.3, 0.4) is 0 Å². The number of hydrogen-bond donors (Lipinski definition) is 4. The molecule has 39 heavy (non-hydrogen) atoms. The number of hydrogen-bond acceptors (Lipinski definition) is 5. The standard InChI is InChI=1S/C28H28Cl2F2N4O3/c1-27(2,3)12-21-28(33,17-9-7-14(29)11-19(17)31)22(16-5-4-6-18(30)23(16)32)24(36-21)25(37)35-15-8-10-20(26(38)39)34-13-15/h4-11,13,21-22,24,36H,12,33H2,1-3H3,(H,35,37)(H,38,39)/t21-,22-,24+,28+/m0/s1. The molecule has 0 bridgehead atoms. The normalized spacial score (nSPS) is 23.0. The van der Waals surface area contributed by atoms with E-state index in [1.807, 2.05) is 20.8 Å². The van der Waals surface area contributed by atoms with Crippen LogP contribution < -0.4 is 16.4 Å². The van der Waals surface area contributed by atoms with Gasteiger partial charge in [-0.25, -0.2) is 18.6 Å². The molecular formula is C28H28Cl2F2N4O3. The molecule has 2 heterocycles. The van der Waals surface area contributed by atoms with Crippen LogP contribution in [-0.2, 0) is 10.3 Å². The van der Waals surface area contributed by atoms with Crippen LogP contribution in [0.2, 0.25) is 10.0 Å². The molecule has 1 aromatic heterocycles. The smallest absolute Gasteiger partial charge is 0.354 e. The summed E-state index contributed by atoms with van der Waals surface area (Å²) in [6, 6.07) is 9.30. The van der Waals surface area contributed by atoms with E-state index in [1.54, 1.807) is 6.07 Å². The minimum Gasteiger partial charge on any atom is -0.477 e. The van der Waals surface area contributed by atoms with Crippen LogP contribution in [0.5, 0.6) is 0 Å². The number of aromatic nitrogens is 1. The van der Waals surface area contributed by atoms with Gasteiger partial charge < -0.3 is 21.5 Å². The fourth-order valence-electron chi connectivity index (χ4n) is 5.22. The lowest BCUT2D eigenvalue weighted by Crippen LogP contribution is -2.52. The molecule has 4 rings (SSSR count). The highest BCUT2D eigenvalue weighted by Crippen LogP contribution is 2.50. The zero-order valence-corrected chi connectivity index (χ0v) is 22.9. The summed E-state index contributed by atoms with van der Waals surface area (Å²) in [4.78, 5) is 28.7. The van der Waals surface area contributed by atoms with E-state index in [4.69, 9.17) is 34.0 Å². The first-order valence-corrected chi connectivity index (χ1v) is 12.9. The van der Waals surface area contributed by atoms with Crippen molar-refractivity contribution >= 4 is 40.8 Å². The number of nitrogens with two attached hydrogens (primary N) is 1. The predicted molar refractivity (Wildman–Crippen MR) is 146 cm³/mol. The molecule has 0 spiro atoms. The highest BCUT2D eigenvalue weighted by molar-refractivity contribution is 6.31. The van der Waals surface area contributed by atoms with E-state index in [9.17, 15) is 9.59 Å². The molecule has 5 N–H and O–H groups in total. The van der Waals surface area contributed by atoms with E-state index in [0.29, 0.717) is 6.42 Å². The monoisotopic (exact) mass is 576 g/mol. The minimum absolute atomic E-state index is 0.0442. The molecule has 206 valence electrons. The second-order valence-corrected chi connectivity index (χ2v) is 11.7. The number of carbonyl (C=O) groups excluding carboxylic acids is 1. The van der Waals surface area contributed by atoms with Crippen LogP contribution in [0.25, 0.3) is 0 Å². The number of halogens is 4. The van der Waals surface area contributed by atoms with Crippen molar-refractivity contribution in [1.82, 2.24) is 10.3 Å². The number of nitrogens with zero attached hydrogens (tertiary/aromatic N) is 1. The molecular weight excluding hydrogens is 549 g/mol. The van der Waals surface area contributed by atoms with Crippen molar-refractivity contribution in [3.8, 4) is 0 Å². The molecule has 11 heteroatoms. The number of pyridine rings is 1. The first-order valence-electron chi connectivity index (χ1n) is 12.2. The van der Waals surface area contributed by atoms with E-state index >= 15 is 8.78 Å². The van der Waals surface area contributed by atoms with Crippen LogP contribution >= 0.6 is 23.2 Å². The second-order valence-electron chi connectivity index (χ2n) is 10.9. The molecule has 3 aromatic rings. The number of anilines is 1. The van der Waals surface area contributed by atoms with Crippen LogP contribution in [0, 0.1) is 17.0 Å². The zero-order chi connectivity index (χ0) is 28.7. The van der Waals surface area contributed by atoms with Gasteiger partial charge in [0.25, 0.3) is 0 Å². The molecule has 0 aliphatic carbocycles. The Morgan fingerprint density at radius 2 is 1.87 bits per heavy atom. The third-order valence-electron chi connectivity index (χ3n) is 6.87. The first-order chi connectivity index (χ1) is 18.2. The van der Waals surface area contributed by atoms with Crippen molar-refractivity contribution in [3.05, 3.63) is 93.2 Å². The highest BCUT2D eigenvalue weighted by Gasteiger charge is 2.58. The Labute approximate surface area is 234 Å². The van der Waals surface area contributed by atoms with Crippen molar-refractivity contribution in [2.75, 3.05) is 5.32 Å². The van der Waals surface area contributed by atoms with E-state index in [1.165, 1.54) is 42.6 Å². The van der Waals surface area contributed by atoms with Crippen molar-refractivity contribution in [3.63, 3.8) is 0 Å². The van der Waals surface area contributed by atoms with Gasteiger partial charge in [0, 0.05) is 22.5 Å². The number of amides is 1. The summed E-state index contributed by atoms with van der Waals surface area (Å²) in [6.45, 7) is 5.93. The number of rotatable bonds is 6. The van der Waals surface area contributed by atoms with Crippen molar-refractivity contribution < 1.29 is 23.5 Å². The Bertz CT molecular complexity index is 1410. The molecule has 7 nitrogen and oxygen atoms in total. The average molecular weight is 577 g/mol. The molecule has 0 saturated carbocycles. The van der Waals surface area contributed by atoms with Gasteiger partial charge in [-0.1, -0.05) is 62.2 Å². The lowest BCUT2D eigenvalue weighted by molar-refractivity contribution is -0.118. The topological polar surface area (TPSA) is 117 Å². The Balaban J connectivity index is 1.87. The Morgan fingerprint density at radius 3 is 2.46 bits per heavy atom. The number of benzene rings is 2. The molecule has 1 fully saturated rings. The van der Waals surface area contributed by atoms with Gasteiger partial charge in [-0.3, -0.25) is 4.79 Å². The second kappa shape index (κ2) is 10.8. The van der Waals surface area contributed by atoms with Gasteiger partial charge in [0.2, 0.25) is 5.91 Å². The largest absolute Gasteiger partial charge is 0.477 e. The van der Waals surface area contributed by atoms with Gasteiger partial charge in [-0.2, -0.15) is 0 Å². The summed E-state index contributed by atoms with van der Waals surface area (Å²) in [5.74, 6) is -4.37. The first kappa shape index (κ1) is 28.9. The predicted octanol–water partition coefficient (Wildman–Crippen LogP) is 5.72. The number of aromatic carboxylic acids is 1. The molecule has 0 unspecified atom stereocenters. The summed E-state index contributed by atoms with van der Waals surface area (Å²) in [6.07, 6.45) is 1.61. The maximum atomic E-state index is 15.6. The Kier molecular flexibility index (Phi) is 8.01. The highest BCUT2D eigenvalue weighted by atomic mass is 35.5. The van der Waals surface area contributed by atoms with Crippen molar-refractivity contribution in [1.29, 1.82) is 0 Å². The van der Waals surface area contributed by atoms with Crippen LogP contribution in [0.1, 0.15) is 54.7 Å². The molecule has 1 saturated heterocycles. The molecule has 0 radical (unpaired) electrons. The number of nitrogens with one attached hydrogen (secondary N) is 2. The summed E-state index contributed by atoms with van der Waals surface area (Å²) in [7, 11) is 0. The third kappa shape index (κ3) is 5.77. The van der Waals surface area contributed by atoms with E-state index < -0.39 is 47.1 Å². The molecule has 1 aliphatic heterocycles. The number of carbonyl (C=O) groups is 2. The maximum absolute atomic E-state index is 15.6. The van der Waals surface area contributed by atoms with Crippen LogP contribution in [0.15, 0.2) is 54.7 Å². The molecule has 1 amide bonds.